The van der Waals surface area contributed by atoms with Crippen molar-refractivity contribution in [2.45, 2.75) is 54.2 Å². The summed E-state index contributed by atoms with van der Waals surface area (Å²) in [5, 5.41) is 20.1. The molecule has 0 aliphatic carbocycles. The van der Waals surface area contributed by atoms with Crippen molar-refractivity contribution >= 4 is 23.4 Å². The minimum atomic E-state index is -0.770. The molecule has 6 heteroatoms. The molecule has 3 rings (SSSR count). The summed E-state index contributed by atoms with van der Waals surface area (Å²) in [5.74, 6) is 0.894. The second-order valence-corrected chi connectivity index (χ2v) is 9.34. The molecule has 0 radical (unpaired) electrons. The maximum absolute atomic E-state index is 10.2. The van der Waals surface area contributed by atoms with Crippen LogP contribution in [0.3, 0.4) is 0 Å². The molecule has 0 bridgehead atoms. The first-order valence-corrected chi connectivity index (χ1v) is 12.0. The number of halogens is 1. The van der Waals surface area contributed by atoms with E-state index in [1.54, 1.807) is 11.8 Å². The molecule has 3 unspecified atom stereocenters. The molecule has 0 amide bonds. The third-order valence-corrected chi connectivity index (χ3v) is 6.73. The third-order valence-electron chi connectivity index (χ3n) is 5.43. The van der Waals surface area contributed by atoms with Crippen LogP contribution in [0.4, 0.5) is 0 Å². The van der Waals surface area contributed by atoms with Crippen LogP contribution in [-0.2, 0) is 6.61 Å². The monoisotopic (exact) mass is 471 g/mol. The predicted octanol–water partition coefficient (Wildman–Crippen LogP) is 5.63. The second-order valence-electron chi connectivity index (χ2n) is 7.79. The molecule has 170 valence electrons. The molecular formula is C26H30ClNO3S. The van der Waals surface area contributed by atoms with Gasteiger partial charge in [0.25, 0.3) is 0 Å². The Morgan fingerprint density at radius 3 is 2.44 bits per heavy atom. The van der Waals surface area contributed by atoms with Crippen LogP contribution in [0.15, 0.2) is 82.6 Å². The molecule has 4 nitrogen and oxygen atoms in total. The number of hydrogen-bond donors (Lipinski definition) is 3. The van der Waals surface area contributed by atoms with Crippen LogP contribution < -0.4 is 10.5 Å². The minimum absolute atomic E-state index is 0.0730. The van der Waals surface area contributed by atoms with Crippen LogP contribution in [0.5, 0.6) is 5.75 Å². The Morgan fingerprint density at radius 1 is 1.00 bits per heavy atom. The van der Waals surface area contributed by atoms with Gasteiger partial charge in [-0.15, -0.1) is 0 Å². The zero-order chi connectivity index (χ0) is 22.9. The molecule has 32 heavy (non-hydrogen) atoms. The fourth-order valence-electron chi connectivity index (χ4n) is 3.51. The molecule has 3 atom stereocenters. The van der Waals surface area contributed by atoms with Gasteiger partial charge in [0, 0.05) is 14.8 Å². The van der Waals surface area contributed by atoms with Crippen molar-refractivity contribution in [2.24, 2.45) is 5.73 Å². The lowest BCUT2D eigenvalue weighted by Crippen LogP contribution is -2.38. The predicted molar refractivity (Wildman–Crippen MR) is 132 cm³/mol. The Kier molecular flexibility index (Phi) is 9.45. The van der Waals surface area contributed by atoms with Gasteiger partial charge < -0.3 is 20.7 Å². The van der Waals surface area contributed by atoms with E-state index in [0.29, 0.717) is 18.1 Å². The molecule has 0 saturated heterocycles. The molecule has 0 saturated carbocycles. The van der Waals surface area contributed by atoms with Crippen molar-refractivity contribution in [2.75, 3.05) is 6.61 Å². The first-order valence-electron chi connectivity index (χ1n) is 10.8. The van der Waals surface area contributed by atoms with Crippen molar-refractivity contribution in [1.29, 1.82) is 0 Å². The Morgan fingerprint density at radius 2 is 1.75 bits per heavy atom. The van der Waals surface area contributed by atoms with E-state index in [0.717, 1.165) is 33.1 Å². The average molecular weight is 472 g/mol. The normalized spacial score (nSPS) is 14.0. The van der Waals surface area contributed by atoms with Crippen LogP contribution in [0.2, 0.25) is 5.02 Å². The number of hydrogen-bond acceptors (Lipinski definition) is 5. The van der Waals surface area contributed by atoms with Crippen LogP contribution in [0.1, 0.15) is 36.8 Å². The highest BCUT2D eigenvalue weighted by Crippen LogP contribution is 2.36. The largest absolute Gasteiger partial charge is 0.489 e. The quantitative estimate of drug-likeness (QED) is 0.337. The van der Waals surface area contributed by atoms with Crippen LogP contribution in [0.25, 0.3) is 0 Å². The van der Waals surface area contributed by atoms with Gasteiger partial charge in [-0.3, -0.25) is 0 Å². The number of aliphatic hydroxyl groups excluding tert-OH is 2. The Hall–Kier alpha value is -2.02. The minimum Gasteiger partial charge on any atom is -0.489 e. The highest BCUT2D eigenvalue weighted by atomic mass is 35.5. The summed E-state index contributed by atoms with van der Waals surface area (Å²) in [7, 11) is 0. The lowest BCUT2D eigenvalue weighted by Gasteiger charge is -2.23. The maximum atomic E-state index is 10.2. The molecule has 4 N–H and O–H groups in total. The Labute approximate surface area is 199 Å². The summed E-state index contributed by atoms with van der Waals surface area (Å²) in [6.45, 7) is 2.34. The maximum Gasteiger partial charge on any atom is 0.120 e. The zero-order valence-corrected chi connectivity index (χ0v) is 19.7. The number of ether oxygens (including phenoxy) is 1. The van der Waals surface area contributed by atoms with Gasteiger partial charge in [0.05, 0.1) is 18.8 Å². The van der Waals surface area contributed by atoms with E-state index < -0.39 is 12.1 Å². The average Bonchev–Trinajstić information content (AvgIpc) is 2.82. The first-order chi connectivity index (χ1) is 15.5. The number of rotatable bonds is 11. The van der Waals surface area contributed by atoms with E-state index >= 15 is 0 Å². The zero-order valence-electron chi connectivity index (χ0n) is 18.2. The summed E-state index contributed by atoms with van der Waals surface area (Å²) in [5.41, 5.74) is 7.88. The van der Waals surface area contributed by atoms with E-state index in [-0.39, 0.29) is 12.5 Å². The van der Waals surface area contributed by atoms with Crippen molar-refractivity contribution in [1.82, 2.24) is 0 Å². The molecule has 0 aromatic heterocycles. The molecule has 3 aromatic carbocycles. The number of benzene rings is 3. The van der Waals surface area contributed by atoms with Gasteiger partial charge >= 0.3 is 0 Å². The van der Waals surface area contributed by atoms with Crippen LogP contribution >= 0.6 is 23.4 Å². The second kappa shape index (κ2) is 12.3. The van der Waals surface area contributed by atoms with Crippen molar-refractivity contribution in [3.63, 3.8) is 0 Å². The van der Waals surface area contributed by atoms with Crippen LogP contribution in [0, 0.1) is 0 Å². The van der Waals surface area contributed by atoms with Gasteiger partial charge in [-0.05, 0) is 60.2 Å². The molecular weight excluding hydrogens is 442 g/mol. The molecule has 0 aliphatic rings. The van der Waals surface area contributed by atoms with Gasteiger partial charge in [-0.1, -0.05) is 72.8 Å². The van der Waals surface area contributed by atoms with Gasteiger partial charge in [0.1, 0.15) is 12.4 Å². The summed E-state index contributed by atoms with van der Waals surface area (Å²) < 4.78 is 5.93. The Bertz CT molecular complexity index is 986. The SMILES string of the molecule is CCC(CC(O)C(N)CO)c1ccc(Sc2cccc(OCc3ccccc3)c2)cc1Cl. The van der Waals surface area contributed by atoms with Gasteiger partial charge in [0.2, 0.25) is 0 Å². The van der Waals surface area contributed by atoms with Crippen LogP contribution in [-0.4, -0.2) is 29.0 Å². The van der Waals surface area contributed by atoms with Crippen molar-refractivity contribution in [3.05, 3.63) is 88.9 Å². The summed E-state index contributed by atoms with van der Waals surface area (Å²) in [6, 6.07) is 23.5. The molecule has 0 spiro atoms. The van der Waals surface area contributed by atoms with E-state index in [4.69, 9.17) is 22.1 Å². The highest BCUT2D eigenvalue weighted by molar-refractivity contribution is 7.99. The molecule has 0 aliphatic heterocycles. The first kappa shape index (κ1) is 24.6. The summed E-state index contributed by atoms with van der Waals surface area (Å²) >= 11 is 8.24. The highest BCUT2D eigenvalue weighted by Gasteiger charge is 2.21. The van der Waals surface area contributed by atoms with Gasteiger partial charge in [-0.2, -0.15) is 0 Å². The lowest BCUT2D eigenvalue weighted by atomic mass is 9.89. The smallest absolute Gasteiger partial charge is 0.120 e. The molecule has 3 aromatic rings. The van der Waals surface area contributed by atoms with E-state index in [1.165, 1.54) is 0 Å². The lowest BCUT2D eigenvalue weighted by molar-refractivity contribution is 0.0946. The van der Waals surface area contributed by atoms with Gasteiger partial charge in [0.15, 0.2) is 0 Å². The Balaban J connectivity index is 1.66. The topological polar surface area (TPSA) is 75.7 Å². The van der Waals surface area contributed by atoms with E-state index in [1.807, 2.05) is 72.8 Å². The fraction of sp³-hybridized carbons (Fsp3) is 0.308. The van der Waals surface area contributed by atoms with Crippen molar-refractivity contribution < 1.29 is 14.9 Å². The summed E-state index contributed by atoms with van der Waals surface area (Å²) in [4.78, 5) is 2.09. The van der Waals surface area contributed by atoms with E-state index in [2.05, 4.69) is 6.92 Å². The number of aliphatic hydroxyl groups is 2. The van der Waals surface area contributed by atoms with Gasteiger partial charge in [-0.25, -0.2) is 0 Å². The fourth-order valence-corrected chi connectivity index (χ4v) is 4.81. The third kappa shape index (κ3) is 6.99. The summed E-state index contributed by atoms with van der Waals surface area (Å²) in [6.07, 6.45) is 0.515. The van der Waals surface area contributed by atoms with Crippen molar-refractivity contribution in [3.8, 4) is 5.75 Å². The molecule has 0 fully saturated rings. The number of nitrogens with two attached hydrogens (primary N) is 1. The standard InChI is InChI=1S/C26H30ClNO3S/c1-2-19(13-26(30)25(28)16-29)23-12-11-22(15-24(23)27)32-21-10-6-9-20(14-21)31-17-18-7-4-3-5-8-18/h3-12,14-15,19,25-26,29-30H,2,13,16-17,28H2,1H3. The molecule has 0 heterocycles. The van der Waals surface area contributed by atoms with E-state index in [9.17, 15) is 10.2 Å².